The van der Waals surface area contributed by atoms with Gasteiger partial charge < -0.3 is 0 Å². The standard InChI is InChI=1S/C9H5NO2/c11-6-1-2-8-7(5-6)9(12)3-4-10-8/h1-5H. The molecule has 0 saturated heterocycles. The molecule has 0 aromatic carbocycles. The van der Waals surface area contributed by atoms with Crippen LogP contribution in [0.15, 0.2) is 41.1 Å². The molecule has 1 heterocycles. The first-order chi connectivity index (χ1) is 5.77. The first kappa shape index (κ1) is 6.91. The minimum absolute atomic E-state index is 0.155. The molecule has 1 aliphatic carbocycles. The molecule has 0 amide bonds. The minimum atomic E-state index is -0.160. The van der Waals surface area contributed by atoms with Gasteiger partial charge in [0.2, 0.25) is 0 Å². The molecule has 0 bridgehead atoms. The highest BCUT2D eigenvalue weighted by Gasteiger charge is 2.18. The molecule has 0 aromatic heterocycles. The van der Waals surface area contributed by atoms with E-state index < -0.39 is 0 Å². The molecule has 0 radical (unpaired) electrons. The van der Waals surface area contributed by atoms with Gasteiger partial charge in [-0.05, 0) is 18.2 Å². The summed E-state index contributed by atoms with van der Waals surface area (Å²) in [4.78, 5) is 26.0. The van der Waals surface area contributed by atoms with E-state index in [9.17, 15) is 9.59 Å². The van der Waals surface area contributed by atoms with E-state index in [1.807, 2.05) is 0 Å². The monoisotopic (exact) mass is 159 g/mol. The Labute approximate surface area is 68.8 Å². The first-order valence-corrected chi connectivity index (χ1v) is 3.50. The minimum Gasteiger partial charge on any atom is -0.290 e. The van der Waals surface area contributed by atoms with Crippen LogP contribution in [0.1, 0.15) is 0 Å². The molecular weight excluding hydrogens is 154 g/mol. The lowest BCUT2D eigenvalue weighted by atomic mass is 9.97. The Morgan fingerprint density at radius 2 is 1.92 bits per heavy atom. The second-order valence-corrected chi connectivity index (χ2v) is 2.49. The van der Waals surface area contributed by atoms with Crippen LogP contribution < -0.4 is 0 Å². The summed E-state index contributed by atoms with van der Waals surface area (Å²) in [5.74, 6) is -0.315. The zero-order valence-electron chi connectivity index (χ0n) is 6.15. The smallest absolute Gasteiger partial charge is 0.189 e. The number of allylic oxidation sites excluding steroid dienone is 5. The molecule has 12 heavy (non-hydrogen) atoms. The van der Waals surface area contributed by atoms with Gasteiger partial charge in [0.05, 0.1) is 11.3 Å². The molecular formula is C9H5NO2. The lowest BCUT2D eigenvalue weighted by molar-refractivity contribution is -0.113. The van der Waals surface area contributed by atoms with Gasteiger partial charge in [-0.1, -0.05) is 0 Å². The molecule has 0 N–H and O–H groups in total. The molecule has 0 atom stereocenters. The number of aliphatic imine (C=N–C) groups is 1. The molecule has 3 heteroatoms. The average Bonchev–Trinajstić information content (AvgIpc) is 2.07. The van der Waals surface area contributed by atoms with Crippen molar-refractivity contribution in [2.75, 3.05) is 0 Å². The van der Waals surface area contributed by atoms with Gasteiger partial charge in [0.1, 0.15) is 0 Å². The number of hydrogen-bond donors (Lipinski definition) is 0. The highest BCUT2D eigenvalue weighted by atomic mass is 16.1. The largest absolute Gasteiger partial charge is 0.290 e. The number of carbonyl (C=O) groups is 2. The maximum atomic E-state index is 11.2. The molecule has 0 saturated carbocycles. The molecule has 0 unspecified atom stereocenters. The fourth-order valence-corrected chi connectivity index (χ4v) is 1.10. The normalized spacial score (nSPS) is 20.3. The van der Waals surface area contributed by atoms with Gasteiger partial charge in [-0.2, -0.15) is 0 Å². The third-order valence-corrected chi connectivity index (χ3v) is 1.67. The number of rotatable bonds is 0. The zero-order chi connectivity index (χ0) is 8.55. The van der Waals surface area contributed by atoms with Crippen LogP contribution in [0.5, 0.6) is 0 Å². The van der Waals surface area contributed by atoms with Crippen LogP contribution in [-0.2, 0) is 9.59 Å². The van der Waals surface area contributed by atoms with Crippen molar-refractivity contribution in [3.63, 3.8) is 0 Å². The fourth-order valence-electron chi connectivity index (χ4n) is 1.10. The first-order valence-electron chi connectivity index (χ1n) is 3.50. The lowest BCUT2D eigenvalue weighted by Crippen LogP contribution is -2.16. The van der Waals surface area contributed by atoms with Crippen molar-refractivity contribution in [3.8, 4) is 0 Å². The van der Waals surface area contributed by atoms with Gasteiger partial charge in [-0.3, -0.25) is 14.6 Å². The van der Waals surface area contributed by atoms with Crippen molar-refractivity contribution in [1.29, 1.82) is 0 Å². The summed E-state index contributed by atoms with van der Waals surface area (Å²) in [6, 6.07) is 0. The predicted molar refractivity (Wildman–Crippen MR) is 43.8 cm³/mol. The SMILES string of the molecule is O=C1C=CC2=NC=CC(=O)C2=C1. The maximum absolute atomic E-state index is 11.2. The topological polar surface area (TPSA) is 46.5 Å². The Bertz CT molecular complexity index is 383. The maximum Gasteiger partial charge on any atom is 0.189 e. The Hall–Kier alpha value is -1.77. The molecule has 3 nitrogen and oxygen atoms in total. The van der Waals surface area contributed by atoms with E-state index in [4.69, 9.17) is 0 Å². The van der Waals surface area contributed by atoms with E-state index in [0.29, 0.717) is 11.3 Å². The van der Waals surface area contributed by atoms with Gasteiger partial charge in [0.15, 0.2) is 11.6 Å². The van der Waals surface area contributed by atoms with Crippen LogP contribution in [-0.4, -0.2) is 17.3 Å². The number of nitrogens with zero attached hydrogens (tertiary/aromatic N) is 1. The van der Waals surface area contributed by atoms with Crippen LogP contribution in [0.2, 0.25) is 0 Å². The van der Waals surface area contributed by atoms with E-state index in [-0.39, 0.29) is 11.6 Å². The van der Waals surface area contributed by atoms with E-state index in [2.05, 4.69) is 4.99 Å². The Kier molecular flexibility index (Phi) is 1.37. The van der Waals surface area contributed by atoms with Crippen molar-refractivity contribution < 1.29 is 9.59 Å². The van der Waals surface area contributed by atoms with Crippen molar-refractivity contribution in [3.05, 3.63) is 36.1 Å². The second kappa shape index (κ2) is 2.37. The molecule has 0 spiro atoms. The predicted octanol–water partition coefficient (Wildman–Crippen LogP) is 0.589. The number of fused-ring (bicyclic) bond motifs is 1. The summed E-state index contributed by atoms with van der Waals surface area (Å²) in [5, 5.41) is 0. The second-order valence-electron chi connectivity index (χ2n) is 2.49. The summed E-state index contributed by atoms with van der Waals surface area (Å²) in [6.07, 6.45) is 7.05. The van der Waals surface area contributed by atoms with Crippen molar-refractivity contribution in [2.45, 2.75) is 0 Å². The fraction of sp³-hybridized carbons (Fsp3) is 0. The van der Waals surface area contributed by atoms with Crippen LogP contribution in [0.3, 0.4) is 0 Å². The summed E-state index contributed by atoms with van der Waals surface area (Å²) < 4.78 is 0. The summed E-state index contributed by atoms with van der Waals surface area (Å²) in [7, 11) is 0. The number of carbonyl (C=O) groups excluding carboxylic acids is 2. The van der Waals surface area contributed by atoms with E-state index >= 15 is 0 Å². The quantitative estimate of drug-likeness (QED) is 0.485. The Morgan fingerprint density at radius 3 is 2.75 bits per heavy atom. The van der Waals surface area contributed by atoms with E-state index in [1.165, 1.54) is 24.4 Å². The van der Waals surface area contributed by atoms with E-state index in [1.54, 1.807) is 6.08 Å². The van der Waals surface area contributed by atoms with Crippen molar-refractivity contribution in [1.82, 2.24) is 0 Å². The van der Waals surface area contributed by atoms with Crippen LogP contribution >= 0.6 is 0 Å². The van der Waals surface area contributed by atoms with Crippen LogP contribution in [0.25, 0.3) is 0 Å². The highest BCUT2D eigenvalue weighted by Crippen LogP contribution is 2.12. The molecule has 2 aliphatic rings. The van der Waals surface area contributed by atoms with Gasteiger partial charge in [-0.25, -0.2) is 0 Å². The third-order valence-electron chi connectivity index (χ3n) is 1.67. The number of hydrogen-bond acceptors (Lipinski definition) is 3. The third kappa shape index (κ3) is 0.955. The molecule has 58 valence electrons. The van der Waals surface area contributed by atoms with Crippen molar-refractivity contribution >= 4 is 17.3 Å². The highest BCUT2D eigenvalue weighted by molar-refractivity contribution is 6.35. The molecule has 0 aromatic rings. The van der Waals surface area contributed by atoms with E-state index in [0.717, 1.165) is 0 Å². The Morgan fingerprint density at radius 1 is 1.08 bits per heavy atom. The summed E-state index contributed by atoms with van der Waals surface area (Å²) in [5.41, 5.74) is 0.965. The zero-order valence-corrected chi connectivity index (χ0v) is 6.15. The Balaban J connectivity index is 2.53. The average molecular weight is 159 g/mol. The molecule has 2 rings (SSSR count). The molecule has 1 aliphatic heterocycles. The van der Waals surface area contributed by atoms with Crippen LogP contribution in [0.4, 0.5) is 0 Å². The molecule has 0 fully saturated rings. The number of ketones is 2. The van der Waals surface area contributed by atoms with Gasteiger partial charge in [-0.15, -0.1) is 0 Å². The summed E-state index contributed by atoms with van der Waals surface area (Å²) in [6.45, 7) is 0. The van der Waals surface area contributed by atoms with Gasteiger partial charge in [0, 0.05) is 12.3 Å². The van der Waals surface area contributed by atoms with Crippen LogP contribution in [0, 0.1) is 0 Å². The summed E-state index contributed by atoms with van der Waals surface area (Å²) >= 11 is 0. The van der Waals surface area contributed by atoms with Crippen molar-refractivity contribution in [2.24, 2.45) is 4.99 Å². The lowest BCUT2D eigenvalue weighted by Gasteiger charge is -2.09. The van der Waals surface area contributed by atoms with Gasteiger partial charge >= 0.3 is 0 Å². The van der Waals surface area contributed by atoms with Gasteiger partial charge in [0.25, 0.3) is 0 Å².